The molecule has 5 heteroatoms. The monoisotopic (exact) mass is 292 g/mol. The van der Waals surface area contributed by atoms with E-state index in [9.17, 15) is 10.1 Å². The molecule has 2 aromatic rings. The summed E-state index contributed by atoms with van der Waals surface area (Å²) in [6.07, 6.45) is 0. The quantitative estimate of drug-likeness (QED) is 0.866. The fraction of sp³-hybridized carbons (Fsp3) is 0.294. The lowest BCUT2D eigenvalue weighted by Crippen LogP contribution is -2.32. The summed E-state index contributed by atoms with van der Waals surface area (Å²) in [5.74, 6) is 0.450. The maximum atomic E-state index is 12.7. The van der Waals surface area contributed by atoms with Crippen LogP contribution in [-0.2, 0) is 16.8 Å². The summed E-state index contributed by atoms with van der Waals surface area (Å²) in [5.41, 5.74) is 0.427. The van der Waals surface area contributed by atoms with Crippen molar-refractivity contribution in [3.8, 4) is 12.1 Å². The molecule has 0 atom stereocenters. The van der Waals surface area contributed by atoms with Gasteiger partial charge in [0.15, 0.2) is 17.2 Å². The second kappa shape index (κ2) is 5.83. The molecule has 0 bridgehead atoms. The van der Waals surface area contributed by atoms with Crippen molar-refractivity contribution in [1.29, 1.82) is 10.5 Å². The van der Waals surface area contributed by atoms with Crippen LogP contribution in [0.3, 0.4) is 0 Å². The van der Waals surface area contributed by atoms with E-state index in [0.29, 0.717) is 5.82 Å². The van der Waals surface area contributed by atoms with Gasteiger partial charge in [-0.25, -0.2) is 4.98 Å². The van der Waals surface area contributed by atoms with Crippen molar-refractivity contribution in [2.24, 2.45) is 0 Å². The number of aromatic nitrogens is 2. The molecule has 0 radical (unpaired) electrons. The van der Waals surface area contributed by atoms with E-state index in [2.05, 4.69) is 4.98 Å². The molecule has 0 aliphatic carbocycles. The van der Waals surface area contributed by atoms with Crippen LogP contribution in [0.25, 0.3) is 0 Å². The molecule has 0 saturated heterocycles. The van der Waals surface area contributed by atoms with Crippen LogP contribution in [0.2, 0.25) is 0 Å². The van der Waals surface area contributed by atoms with E-state index in [0.717, 1.165) is 5.56 Å². The summed E-state index contributed by atoms with van der Waals surface area (Å²) in [5, 5.41) is 18.2. The predicted octanol–water partition coefficient (Wildman–Crippen LogP) is 2.48. The van der Waals surface area contributed by atoms with E-state index in [4.69, 9.17) is 5.26 Å². The molecule has 22 heavy (non-hydrogen) atoms. The van der Waals surface area contributed by atoms with Crippen LogP contribution >= 0.6 is 0 Å². The summed E-state index contributed by atoms with van der Waals surface area (Å²) in [7, 11) is 0. The van der Waals surface area contributed by atoms with Crippen LogP contribution in [0.4, 0.5) is 0 Å². The Kier molecular flexibility index (Phi) is 4.10. The Morgan fingerprint density at radius 2 is 1.86 bits per heavy atom. The molecule has 0 unspecified atom stereocenters. The van der Waals surface area contributed by atoms with Crippen LogP contribution in [0.5, 0.6) is 0 Å². The van der Waals surface area contributed by atoms with Gasteiger partial charge in [-0.3, -0.25) is 4.79 Å². The molecule has 0 aliphatic heterocycles. The number of hydrogen-bond acceptors (Lipinski definition) is 4. The first-order valence-electron chi connectivity index (χ1n) is 6.88. The number of nitriles is 2. The number of aryl methyl sites for hydroxylation is 1. The molecule has 0 saturated carbocycles. The zero-order valence-electron chi connectivity index (χ0n) is 12.8. The smallest absolute Gasteiger partial charge is 0.177 e. The van der Waals surface area contributed by atoms with Gasteiger partial charge in [0.2, 0.25) is 0 Å². The topological polar surface area (TPSA) is 82.5 Å². The van der Waals surface area contributed by atoms with E-state index in [-0.39, 0.29) is 23.7 Å². The molecule has 5 nitrogen and oxygen atoms in total. The summed E-state index contributed by atoms with van der Waals surface area (Å²) < 4.78 is 1.51. The number of rotatable bonds is 4. The number of benzene rings is 1. The average molecular weight is 292 g/mol. The van der Waals surface area contributed by atoms with Gasteiger partial charge in [0.25, 0.3) is 0 Å². The highest BCUT2D eigenvalue weighted by molar-refractivity contribution is 5.89. The van der Waals surface area contributed by atoms with Crippen LogP contribution in [0.1, 0.15) is 36.6 Å². The van der Waals surface area contributed by atoms with Gasteiger partial charge >= 0.3 is 0 Å². The highest BCUT2D eigenvalue weighted by atomic mass is 16.1. The maximum Gasteiger partial charge on any atom is 0.177 e. The summed E-state index contributed by atoms with van der Waals surface area (Å²) >= 11 is 0. The second-order valence-electron chi connectivity index (χ2n) is 5.58. The maximum absolute atomic E-state index is 12.7. The van der Waals surface area contributed by atoms with E-state index in [1.165, 1.54) is 4.57 Å². The Bertz CT molecular complexity index is 789. The third kappa shape index (κ3) is 2.62. The average Bonchev–Trinajstić information content (AvgIpc) is 2.83. The zero-order valence-corrected chi connectivity index (χ0v) is 12.8. The van der Waals surface area contributed by atoms with E-state index in [1.807, 2.05) is 56.3 Å². The predicted molar refractivity (Wildman–Crippen MR) is 80.9 cm³/mol. The molecule has 1 aromatic carbocycles. The summed E-state index contributed by atoms with van der Waals surface area (Å²) in [4.78, 5) is 16.7. The summed E-state index contributed by atoms with van der Waals surface area (Å²) in [6.45, 7) is 5.41. The largest absolute Gasteiger partial charge is 0.311 e. The van der Waals surface area contributed by atoms with Crippen LogP contribution in [0.15, 0.2) is 30.3 Å². The standard InChI is InChI=1S/C17H16N4O/c1-12-20-14(9-18)15(10-19)21(12)11-16(22)17(2,3)13-7-5-4-6-8-13/h4-8H,11H2,1-3H3. The zero-order chi connectivity index (χ0) is 16.3. The number of ketones is 1. The molecular formula is C17H16N4O. The van der Waals surface area contributed by atoms with Crippen molar-refractivity contribution in [2.45, 2.75) is 32.7 Å². The van der Waals surface area contributed by atoms with Crippen LogP contribution < -0.4 is 0 Å². The number of carbonyl (C=O) groups is 1. The van der Waals surface area contributed by atoms with Gasteiger partial charge in [-0.1, -0.05) is 30.3 Å². The van der Waals surface area contributed by atoms with E-state index in [1.54, 1.807) is 6.92 Å². The van der Waals surface area contributed by atoms with Crippen LogP contribution in [0, 0.1) is 29.6 Å². The highest BCUT2D eigenvalue weighted by Gasteiger charge is 2.30. The van der Waals surface area contributed by atoms with Crippen molar-refractivity contribution in [3.63, 3.8) is 0 Å². The molecule has 0 spiro atoms. The number of carbonyl (C=O) groups excluding carboxylic acids is 1. The first-order chi connectivity index (χ1) is 10.4. The molecular weight excluding hydrogens is 276 g/mol. The summed E-state index contributed by atoms with van der Waals surface area (Å²) in [6, 6.07) is 13.3. The second-order valence-corrected chi connectivity index (χ2v) is 5.58. The molecule has 0 aliphatic rings. The van der Waals surface area contributed by atoms with Gasteiger partial charge in [0, 0.05) is 0 Å². The number of nitrogens with zero attached hydrogens (tertiary/aromatic N) is 4. The first kappa shape index (κ1) is 15.5. The van der Waals surface area contributed by atoms with Crippen molar-refractivity contribution >= 4 is 5.78 Å². The lowest BCUT2D eigenvalue weighted by Gasteiger charge is -2.24. The minimum atomic E-state index is -0.683. The van der Waals surface area contributed by atoms with Crippen molar-refractivity contribution in [3.05, 3.63) is 53.1 Å². The minimum Gasteiger partial charge on any atom is -0.311 e. The van der Waals surface area contributed by atoms with Gasteiger partial charge in [-0.05, 0) is 26.3 Å². The molecule has 110 valence electrons. The minimum absolute atomic E-state index is 0.0191. The molecule has 0 N–H and O–H groups in total. The van der Waals surface area contributed by atoms with Crippen molar-refractivity contribution in [1.82, 2.24) is 9.55 Å². The molecule has 1 heterocycles. The Labute approximate surface area is 129 Å². The highest BCUT2D eigenvalue weighted by Crippen LogP contribution is 2.25. The van der Waals surface area contributed by atoms with Gasteiger partial charge in [-0.2, -0.15) is 10.5 Å². The Morgan fingerprint density at radius 1 is 1.23 bits per heavy atom. The number of Topliss-reactive ketones (excluding diaryl/α,β-unsaturated/α-hetero) is 1. The van der Waals surface area contributed by atoms with Crippen molar-refractivity contribution in [2.75, 3.05) is 0 Å². The Hall–Kier alpha value is -2.92. The third-order valence-electron chi connectivity index (χ3n) is 3.86. The lowest BCUT2D eigenvalue weighted by molar-refractivity contribution is -0.124. The molecule has 0 fully saturated rings. The van der Waals surface area contributed by atoms with Crippen molar-refractivity contribution < 1.29 is 4.79 Å². The fourth-order valence-corrected chi connectivity index (χ4v) is 2.31. The Morgan fingerprint density at radius 3 is 2.41 bits per heavy atom. The first-order valence-corrected chi connectivity index (χ1v) is 6.88. The number of hydrogen-bond donors (Lipinski definition) is 0. The normalized spacial score (nSPS) is 10.8. The number of imidazole rings is 1. The molecule has 2 rings (SSSR count). The van der Waals surface area contributed by atoms with E-state index < -0.39 is 5.41 Å². The fourth-order valence-electron chi connectivity index (χ4n) is 2.31. The van der Waals surface area contributed by atoms with Gasteiger partial charge in [0.1, 0.15) is 18.0 Å². The molecule has 0 amide bonds. The lowest BCUT2D eigenvalue weighted by atomic mass is 9.80. The van der Waals surface area contributed by atoms with Gasteiger partial charge in [0.05, 0.1) is 12.0 Å². The van der Waals surface area contributed by atoms with Crippen LogP contribution in [-0.4, -0.2) is 15.3 Å². The Balaban J connectivity index is 2.37. The van der Waals surface area contributed by atoms with Gasteiger partial charge in [-0.15, -0.1) is 0 Å². The van der Waals surface area contributed by atoms with Gasteiger partial charge < -0.3 is 4.57 Å². The third-order valence-corrected chi connectivity index (χ3v) is 3.86. The SMILES string of the molecule is Cc1nc(C#N)c(C#N)n1CC(=O)C(C)(C)c1ccccc1. The van der Waals surface area contributed by atoms with E-state index >= 15 is 0 Å². The molecule has 1 aromatic heterocycles.